The lowest BCUT2D eigenvalue weighted by Gasteiger charge is -2.35. The van der Waals surface area contributed by atoms with Crippen molar-refractivity contribution in [2.75, 3.05) is 33.4 Å². The normalized spacial score (nSPS) is 20.9. The van der Waals surface area contributed by atoms with Crippen LogP contribution in [0.1, 0.15) is 25.2 Å². The van der Waals surface area contributed by atoms with Gasteiger partial charge in [-0.15, -0.1) is 0 Å². The number of hydrogen-bond acceptors (Lipinski definition) is 4. The van der Waals surface area contributed by atoms with E-state index in [1.807, 2.05) is 7.05 Å². The van der Waals surface area contributed by atoms with Crippen molar-refractivity contribution in [2.45, 2.75) is 39.4 Å². The fraction of sp³-hybridized carbons (Fsp3) is 0.786. The lowest BCUT2D eigenvalue weighted by Crippen LogP contribution is -2.49. The van der Waals surface area contributed by atoms with Gasteiger partial charge in [0.1, 0.15) is 0 Å². The molecule has 108 valence electrons. The Kier molecular flexibility index (Phi) is 5.36. The molecule has 1 unspecified atom stereocenters. The maximum atomic E-state index is 5.58. The summed E-state index contributed by atoms with van der Waals surface area (Å²) in [7, 11) is 2.00. The predicted molar refractivity (Wildman–Crippen MR) is 76.2 cm³/mol. The zero-order valence-corrected chi connectivity index (χ0v) is 12.4. The predicted octanol–water partition coefficient (Wildman–Crippen LogP) is 0.886. The van der Waals surface area contributed by atoms with Crippen molar-refractivity contribution in [3.05, 3.63) is 17.5 Å². The van der Waals surface area contributed by atoms with Gasteiger partial charge in [-0.3, -0.25) is 9.58 Å². The summed E-state index contributed by atoms with van der Waals surface area (Å²) in [4.78, 5) is 2.50. The Labute approximate surface area is 115 Å². The van der Waals surface area contributed by atoms with E-state index in [1.54, 1.807) is 0 Å². The number of aryl methyl sites for hydroxylation is 2. The number of rotatable bonds is 6. The number of hydrogen-bond donors (Lipinski definition) is 1. The number of nitrogens with one attached hydrogen (secondary N) is 1. The van der Waals surface area contributed by atoms with E-state index >= 15 is 0 Å². The number of ether oxygens (including phenoxy) is 1. The molecular formula is C14H26N4O. The van der Waals surface area contributed by atoms with Crippen LogP contribution in [0.15, 0.2) is 6.07 Å². The topological polar surface area (TPSA) is 42.3 Å². The minimum absolute atomic E-state index is 0.462. The van der Waals surface area contributed by atoms with Crippen LogP contribution in [0.2, 0.25) is 0 Å². The Balaban J connectivity index is 2.07. The number of likely N-dealkylation sites (N-methyl/N-ethyl adjacent to an activating group) is 1. The molecule has 1 saturated heterocycles. The van der Waals surface area contributed by atoms with E-state index in [4.69, 9.17) is 4.74 Å². The molecule has 0 aromatic carbocycles. The number of nitrogens with zero attached hydrogens (tertiary/aromatic N) is 3. The molecule has 5 nitrogen and oxygen atoms in total. The standard InChI is InChI=1S/C14H26N4O/c1-4-12-8-13(18(5-2)16-12)10-17-6-7-19-11-14(17)9-15-3/h8,14-15H,4-7,9-11H2,1-3H3. The summed E-state index contributed by atoms with van der Waals surface area (Å²) in [5, 5.41) is 7.88. The van der Waals surface area contributed by atoms with E-state index in [1.165, 1.54) is 11.4 Å². The summed E-state index contributed by atoms with van der Waals surface area (Å²) in [5.41, 5.74) is 2.51. The molecule has 0 spiro atoms. The summed E-state index contributed by atoms with van der Waals surface area (Å²) in [5.74, 6) is 0. The molecule has 0 aliphatic carbocycles. The van der Waals surface area contributed by atoms with Crippen molar-refractivity contribution in [2.24, 2.45) is 0 Å². The smallest absolute Gasteiger partial charge is 0.0635 e. The third-order valence-corrected chi connectivity index (χ3v) is 3.73. The highest BCUT2D eigenvalue weighted by Crippen LogP contribution is 2.14. The van der Waals surface area contributed by atoms with Crippen molar-refractivity contribution in [3.8, 4) is 0 Å². The highest BCUT2D eigenvalue weighted by molar-refractivity contribution is 5.11. The van der Waals surface area contributed by atoms with Gasteiger partial charge in [-0.2, -0.15) is 5.10 Å². The van der Waals surface area contributed by atoms with Crippen LogP contribution in [0, 0.1) is 0 Å². The van der Waals surface area contributed by atoms with Gasteiger partial charge in [0.25, 0.3) is 0 Å². The third kappa shape index (κ3) is 3.55. The van der Waals surface area contributed by atoms with E-state index in [9.17, 15) is 0 Å². The molecule has 0 saturated carbocycles. The van der Waals surface area contributed by atoms with Crippen LogP contribution in [0.4, 0.5) is 0 Å². The molecule has 2 heterocycles. The van der Waals surface area contributed by atoms with E-state index in [-0.39, 0.29) is 0 Å². The molecule has 1 fully saturated rings. The monoisotopic (exact) mass is 266 g/mol. The summed E-state index contributed by atoms with van der Waals surface area (Å²) in [6, 6.07) is 2.71. The Morgan fingerprint density at radius 1 is 1.47 bits per heavy atom. The summed E-state index contributed by atoms with van der Waals surface area (Å²) >= 11 is 0. The van der Waals surface area contributed by atoms with Crippen LogP contribution in [0.5, 0.6) is 0 Å². The minimum Gasteiger partial charge on any atom is -0.378 e. The first-order valence-electron chi connectivity index (χ1n) is 7.30. The van der Waals surface area contributed by atoms with Gasteiger partial charge in [0.2, 0.25) is 0 Å². The fourth-order valence-corrected chi connectivity index (χ4v) is 2.62. The second kappa shape index (κ2) is 7.03. The van der Waals surface area contributed by atoms with Crippen molar-refractivity contribution in [1.82, 2.24) is 20.0 Å². The Hall–Kier alpha value is -0.910. The summed E-state index contributed by atoms with van der Waals surface area (Å²) < 4.78 is 7.71. The van der Waals surface area contributed by atoms with E-state index in [2.05, 4.69) is 39.9 Å². The first kappa shape index (κ1) is 14.5. The average molecular weight is 266 g/mol. The van der Waals surface area contributed by atoms with Crippen LogP contribution in [0.3, 0.4) is 0 Å². The summed E-state index contributed by atoms with van der Waals surface area (Å²) in [6.07, 6.45) is 1.00. The number of aromatic nitrogens is 2. The van der Waals surface area contributed by atoms with Gasteiger partial charge in [0, 0.05) is 32.2 Å². The van der Waals surface area contributed by atoms with Gasteiger partial charge in [0.15, 0.2) is 0 Å². The molecular weight excluding hydrogens is 240 g/mol. The summed E-state index contributed by atoms with van der Waals surface area (Å²) in [6.45, 7) is 9.85. The van der Waals surface area contributed by atoms with E-state index < -0.39 is 0 Å². The Morgan fingerprint density at radius 3 is 3.00 bits per heavy atom. The van der Waals surface area contributed by atoms with Gasteiger partial charge >= 0.3 is 0 Å². The van der Waals surface area contributed by atoms with Crippen molar-refractivity contribution in [3.63, 3.8) is 0 Å². The first-order chi connectivity index (χ1) is 9.28. The molecule has 1 aromatic rings. The molecule has 0 bridgehead atoms. The minimum atomic E-state index is 0.462. The van der Waals surface area contributed by atoms with Gasteiger partial charge in [-0.25, -0.2) is 0 Å². The highest BCUT2D eigenvalue weighted by Gasteiger charge is 2.23. The SMILES string of the molecule is CCc1cc(CN2CCOCC2CNC)n(CC)n1. The number of morpholine rings is 1. The maximum Gasteiger partial charge on any atom is 0.0635 e. The zero-order valence-electron chi connectivity index (χ0n) is 12.4. The molecule has 5 heteroatoms. The molecule has 1 aliphatic heterocycles. The lowest BCUT2D eigenvalue weighted by molar-refractivity contribution is -0.0114. The Morgan fingerprint density at radius 2 is 2.32 bits per heavy atom. The fourth-order valence-electron chi connectivity index (χ4n) is 2.62. The van der Waals surface area contributed by atoms with Crippen molar-refractivity contribution < 1.29 is 4.74 Å². The second-order valence-electron chi connectivity index (χ2n) is 5.05. The molecule has 1 atom stereocenters. The lowest BCUT2D eigenvalue weighted by atomic mass is 10.2. The molecule has 2 rings (SSSR count). The van der Waals surface area contributed by atoms with Crippen LogP contribution in [-0.4, -0.2) is 54.1 Å². The van der Waals surface area contributed by atoms with Gasteiger partial charge in [-0.05, 0) is 26.5 Å². The van der Waals surface area contributed by atoms with Crippen molar-refractivity contribution in [1.29, 1.82) is 0 Å². The Bertz CT molecular complexity index is 389. The van der Waals surface area contributed by atoms with Gasteiger partial charge in [0.05, 0.1) is 24.6 Å². The second-order valence-corrected chi connectivity index (χ2v) is 5.05. The first-order valence-corrected chi connectivity index (χ1v) is 7.30. The van der Waals surface area contributed by atoms with Crippen LogP contribution < -0.4 is 5.32 Å². The van der Waals surface area contributed by atoms with Crippen LogP contribution >= 0.6 is 0 Å². The van der Waals surface area contributed by atoms with Gasteiger partial charge < -0.3 is 10.1 Å². The third-order valence-electron chi connectivity index (χ3n) is 3.73. The largest absolute Gasteiger partial charge is 0.378 e. The van der Waals surface area contributed by atoms with Crippen LogP contribution in [-0.2, 0) is 24.2 Å². The molecule has 1 aliphatic rings. The molecule has 0 radical (unpaired) electrons. The van der Waals surface area contributed by atoms with Crippen LogP contribution in [0.25, 0.3) is 0 Å². The van der Waals surface area contributed by atoms with Crippen molar-refractivity contribution >= 4 is 0 Å². The maximum absolute atomic E-state index is 5.58. The molecule has 1 N–H and O–H groups in total. The highest BCUT2D eigenvalue weighted by atomic mass is 16.5. The molecule has 1 aromatic heterocycles. The molecule has 0 amide bonds. The van der Waals surface area contributed by atoms with Gasteiger partial charge in [-0.1, -0.05) is 6.92 Å². The molecule has 19 heavy (non-hydrogen) atoms. The average Bonchev–Trinajstić information content (AvgIpc) is 2.83. The quantitative estimate of drug-likeness (QED) is 0.830. The zero-order chi connectivity index (χ0) is 13.7. The van der Waals surface area contributed by atoms with E-state index in [0.717, 1.165) is 45.8 Å². The van der Waals surface area contributed by atoms with E-state index in [0.29, 0.717) is 6.04 Å².